The third-order valence-corrected chi connectivity index (χ3v) is 0.931. The highest BCUT2D eigenvalue weighted by molar-refractivity contribution is 5.84. The zero-order valence-corrected chi connectivity index (χ0v) is 6.27. The van der Waals surface area contributed by atoms with E-state index in [4.69, 9.17) is 0 Å². The molecule has 0 amide bonds. The Labute approximate surface area is 56.8 Å². The highest BCUT2D eigenvalue weighted by atomic mass is 16.1. The fraction of sp³-hybridized carbons (Fsp3) is 0.500. The molecule has 0 fully saturated rings. The molecule has 0 bridgehead atoms. The van der Waals surface area contributed by atoms with Crippen LogP contribution in [-0.2, 0) is 4.79 Å². The van der Waals surface area contributed by atoms with Gasteiger partial charge in [-0.2, -0.15) is 0 Å². The molecule has 9 heavy (non-hydrogen) atoms. The van der Waals surface area contributed by atoms with Crippen LogP contribution in [0, 0.1) is 6.42 Å². The third-order valence-electron chi connectivity index (χ3n) is 0.931. The van der Waals surface area contributed by atoms with Gasteiger partial charge in [0, 0.05) is 6.42 Å². The van der Waals surface area contributed by atoms with Gasteiger partial charge in [0.1, 0.15) is 5.78 Å². The Bertz CT molecular complexity index is 119. The van der Waals surface area contributed by atoms with Gasteiger partial charge in [-0.25, -0.2) is 0 Å². The highest BCUT2D eigenvalue weighted by Crippen LogP contribution is 1.95. The lowest BCUT2D eigenvalue weighted by Crippen LogP contribution is -1.88. The topological polar surface area (TPSA) is 17.1 Å². The van der Waals surface area contributed by atoms with Crippen molar-refractivity contribution in [3.63, 3.8) is 0 Å². The Kier molecular flexibility index (Phi) is 4.02. The second-order valence-electron chi connectivity index (χ2n) is 2.33. The number of rotatable bonds is 3. The zero-order valence-electron chi connectivity index (χ0n) is 6.27. The number of Topliss-reactive ketones (excluding diaryl/α,β-unsaturated/α-hetero) is 1. The summed E-state index contributed by atoms with van der Waals surface area (Å²) in [7, 11) is 0. The van der Waals surface area contributed by atoms with E-state index in [9.17, 15) is 4.79 Å². The Hall–Kier alpha value is -0.590. The van der Waals surface area contributed by atoms with Crippen LogP contribution < -0.4 is 0 Å². The first-order valence-electron chi connectivity index (χ1n) is 3.10. The van der Waals surface area contributed by atoms with E-state index < -0.39 is 0 Å². The summed E-state index contributed by atoms with van der Waals surface area (Å²) in [5, 5.41) is 0. The zero-order chi connectivity index (χ0) is 7.28. The van der Waals surface area contributed by atoms with Crippen molar-refractivity contribution in [3.05, 3.63) is 18.1 Å². The van der Waals surface area contributed by atoms with Crippen LogP contribution >= 0.6 is 0 Å². The Morgan fingerprint density at radius 1 is 1.33 bits per heavy atom. The number of carbonyl (C=O) groups excluding carboxylic acids is 1. The normalized spacial score (nSPS) is 8.78. The molecule has 1 radical (unpaired) electrons. The van der Waals surface area contributed by atoms with Crippen molar-refractivity contribution in [2.45, 2.75) is 27.2 Å². The first-order valence-corrected chi connectivity index (χ1v) is 3.10. The summed E-state index contributed by atoms with van der Waals surface area (Å²) in [6.45, 7) is 5.61. The number of ketones is 1. The molecular weight excluding hydrogens is 112 g/mol. The Morgan fingerprint density at radius 3 is 2.22 bits per heavy atom. The van der Waals surface area contributed by atoms with E-state index in [0.717, 1.165) is 6.42 Å². The molecule has 0 aliphatic carbocycles. The highest BCUT2D eigenvalue weighted by Gasteiger charge is 1.88. The number of hydrogen-bond donors (Lipinski definition) is 0. The standard InChI is InChI=1S/C8H13O/c1-7(2)5-4-6-8(3)9/h5-6H,4H2,1-3H3. The molecule has 0 heterocycles. The monoisotopic (exact) mass is 125 g/mol. The number of allylic oxidation sites excluding steroid dienone is 2. The molecule has 1 heteroatoms. The second-order valence-corrected chi connectivity index (χ2v) is 2.33. The fourth-order valence-electron chi connectivity index (χ4n) is 0.461. The summed E-state index contributed by atoms with van der Waals surface area (Å²) in [5.41, 5.74) is 1.26. The molecule has 0 saturated heterocycles. The molecule has 0 atom stereocenters. The van der Waals surface area contributed by atoms with Crippen molar-refractivity contribution < 1.29 is 4.79 Å². The maximum atomic E-state index is 10.3. The van der Waals surface area contributed by atoms with E-state index in [1.54, 1.807) is 13.3 Å². The molecule has 0 aromatic heterocycles. The first-order chi connectivity index (χ1) is 4.13. The lowest BCUT2D eigenvalue weighted by molar-refractivity contribution is -0.114. The van der Waals surface area contributed by atoms with Crippen molar-refractivity contribution in [1.82, 2.24) is 0 Å². The maximum absolute atomic E-state index is 10.3. The van der Waals surface area contributed by atoms with E-state index in [2.05, 4.69) is 0 Å². The van der Waals surface area contributed by atoms with Crippen LogP contribution in [0.1, 0.15) is 27.2 Å². The van der Waals surface area contributed by atoms with Gasteiger partial charge in [-0.3, -0.25) is 4.79 Å². The Balaban J connectivity index is 3.31. The summed E-state index contributed by atoms with van der Waals surface area (Å²) in [6, 6.07) is 0. The van der Waals surface area contributed by atoms with Crippen LogP contribution in [0.25, 0.3) is 0 Å². The van der Waals surface area contributed by atoms with Gasteiger partial charge in [0.25, 0.3) is 0 Å². The molecule has 0 N–H and O–H groups in total. The predicted octanol–water partition coefficient (Wildman–Crippen LogP) is 2.14. The molecule has 0 aromatic carbocycles. The molecule has 0 aliphatic rings. The van der Waals surface area contributed by atoms with Gasteiger partial charge in [-0.15, -0.1) is 0 Å². The summed E-state index contributed by atoms with van der Waals surface area (Å²) < 4.78 is 0. The number of carbonyl (C=O) groups is 1. The average molecular weight is 125 g/mol. The molecule has 0 unspecified atom stereocenters. The summed E-state index contributed by atoms with van der Waals surface area (Å²) in [4.78, 5) is 10.3. The van der Waals surface area contributed by atoms with E-state index in [1.807, 2.05) is 19.9 Å². The SMILES string of the molecule is CC(=O)[CH]CC=C(C)C. The molecule has 0 aromatic rings. The van der Waals surface area contributed by atoms with Gasteiger partial charge in [-0.05, 0) is 27.2 Å². The van der Waals surface area contributed by atoms with Crippen LogP contribution in [0.15, 0.2) is 11.6 Å². The van der Waals surface area contributed by atoms with Gasteiger partial charge in [0.2, 0.25) is 0 Å². The quantitative estimate of drug-likeness (QED) is 0.528. The van der Waals surface area contributed by atoms with Crippen molar-refractivity contribution >= 4 is 5.78 Å². The third kappa shape index (κ3) is 7.41. The predicted molar refractivity (Wildman–Crippen MR) is 39.0 cm³/mol. The first kappa shape index (κ1) is 8.41. The van der Waals surface area contributed by atoms with Crippen LogP contribution in [0.5, 0.6) is 0 Å². The van der Waals surface area contributed by atoms with Crippen LogP contribution in [0.3, 0.4) is 0 Å². The van der Waals surface area contributed by atoms with Gasteiger partial charge in [0.05, 0.1) is 0 Å². The largest absolute Gasteiger partial charge is 0.300 e. The van der Waals surface area contributed by atoms with E-state index in [0.29, 0.717) is 0 Å². The second kappa shape index (κ2) is 4.30. The lowest BCUT2D eigenvalue weighted by Gasteiger charge is -1.88. The Morgan fingerprint density at radius 2 is 1.89 bits per heavy atom. The molecule has 51 valence electrons. The van der Waals surface area contributed by atoms with Crippen molar-refractivity contribution in [2.24, 2.45) is 0 Å². The van der Waals surface area contributed by atoms with Crippen molar-refractivity contribution in [3.8, 4) is 0 Å². The van der Waals surface area contributed by atoms with Crippen LogP contribution in [-0.4, -0.2) is 5.78 Å². The number of hydrogen-bond acceptors (Lipinski definition) is 1. The van der Waals surface area contributed by atoms with Gasteiger partial charge >= 0.3 is 0 Å². The maximum Gasteiger partial charge on any atom is 0.133 e. The fourth-order valence-corrected chi connectivity index (χ4v) is 0.461. The minimum Gasteiger partial charge on any atom is -0.300 e. The molecule has 1 nitrogen and oxygen atoms in total. The van der Waals surface area contributed by atoms with Gasteiger partial charge in [0.15, 0.2) is 0 Å². The van der Waals surface area contributed by atoms with Gasteiger partial charge < -0.3 is 0 Å². The van der Waals surface area contributed by atoms with E-state index in [1.165, 1.54) is 5.57 Å². The van der Waals surface area contributed by atoms with Crippen LogP contribution in [0.2, 0.25) is 0 Å². The molecule has 0 saturated carbocycles. The minimum absolute atomic E-state index is 0.146. The summed E-state index contributed by atoms with van der Waals surface area (Å²) >= 11 is 0. The van der Waals surface area contributed by atoms with E-state index in [-0.39, 0.29) is 5.78 Å². The average Bonchev–Trinajstić information content (AvgIpc) is 1.63. The smallest absolute Gasteiger partial charge is 0.133 e. The lowest BCUT2D eigenvalue weighted by atomic mass is 10.2. The van der Waals surface area contributed by atoms with E-state index >= 15 is 0 Å². The molecule has 0 rings (SSSR count). The summed E-state index contributed by atoms with van der Waals surface area (Å²) in [6.07, 6.45) is 4.48. The van der Waals surface area contributed by atoms with Gasteiger partial charge in [-0.1, -0.05) is 11.6 Å². The minimum atomic E-state index is 0.146. The molecule has 0 spiro atoms. The summed E-state index contributed by atoms with van der Waals surface area (Å²) in [5.74, 6) is 0.146. The van der Waals surface area contributed by atoms with Crippen molar-refractivity contribution in [2.75, 3.05) is 0 Å². The molecule has 0 aliphatic heterocycles. The van der Waals surface area contributed by atoms with Crippen LogP contribution in [0.4, 0.5) is 0 Å². The molecular formula is C8H13O. The van der Waals surface area contributed by atoms with Crippen molar-refractivity contribution in [1.29, 1.82) is 0 Å².